The van der Waals surface area contributed by atoms with Crippen molar-refractivity contribution in [1.82, 2.24) is 5.32 Å². The molecule has 0 spiro atoms. The minimum atomic E-state index is -0.893. The average Bonchev–Trinajstić information content (AvgIpc) is 2.59. The van der Waals surface area contributed by atoms with E-state index < -0.39 is 12.0 Å². The van der Waals surface area contributed by atoms with Gasteiger partial charge in [-0.1, -0.05) is 23.7 Å². The summed E-state index contributed by atoms with van der Waals surface area (Å²) in [7, 11) is 0. The lowest BCUT2D eigenvalue weighted by Crippen LogP contribution is -2.33. The Labute approximate surface area is 166 Å². The van der Waals surface area contributed by atoms with Crippen LogP contribution in [0.4, 0.5) is 0 Å². The van der Waals surface area contributed by atoms with Crippen LogP contribution in [0.2, 0.25) is 5.02 Å². The first-order valence-corrected chi connectivity index (χ1v) is 9.36. The maximum Gasteiger partial charge on any atom is 0.320 e. The molecular weight excluding hydrogens is 422 g/mol. The number of rotatable bonds is 9. The summed E-state index contributed by atoms with van der Waals surface area (Å²) >= 11 is 9.52. The quantitative estimate of drug-likeness (QED) is 0.592. The molecule has 7 heteroatoms. The fourth-order valence-corrected chi connectivity index (χ4v) is 3.08. The van der Waals surface area contributed by atoms with Crippen LogP contribution >= 0.6 is 27.5 Å². The number of aliphatic carboxylic acids is 1. The summed E-state index contributed by atoms with van der Waals surface area (Å²) in [5.41, 5.74) is 1.84. The fourth-order valence-electron chi connectivity index (χ4n) is 2.27. The number of carboxylic acid groups (broad SMARTS) is 1. The van der Waals surface area contributed by atoms with Crippen molar-refractivity contribution in [2.75, 3.05) is 6.61 Å². The molecule has 0 saturated carbocycles. The topological polar surface area (TPSA) is 67.8 Å². The van der Waals surface area contributed by atoms with Crippen molar-refractivity contribution in [3.63, 3.8) is 0 Å². The average molecular weight is 443 g/mol. The van der Waals surface area contributed by atoms with Crippen LogP contribution in [0.25, 0.3) is 0 Å². The van der Waals surface area contributed by atoms with E-state index in [2.05, 4.69) is 21.2 Å². The van der Waals surface area contributed by atoms with Gasteiger partial charge in [0.15, 0.2) is 11.5 Å². The lowest BCUT2D eigenvalue weighted by Gasteiger charge is -2.16. The molecule has 0 aliphatic rings. The van der Waals surface area contributed by atoms with Crippen LogP contribution in [-0.4, -0.2) is 23.7 Å². The fraction of sp³-hybridized carbons (Fsp3) is 0.316. The van der Waals surface area contributed by atoms with E-state index in [1.165, 1.54) is 0 Å². The third-order valence-corrected chi connectivity index (χ3v) is 4.45. The molecule has 2 aromatic rings. The van der Waals surface area contributed by atoms with Crippen molar-refractivity contribution < 1.29 is 19.4 Å². The van der Waals surface area contributed by atoms with Crippen LogP contribution in [0.1, 0.15) is 25.0 Å². The number of hydrogen-bond donors (Lipinski definition) is 2. The van der Waals surface area contributed by atoms with E-state index in [0.29, 0.717) is 36.3 Å². The molecule has 2 rings (SSSR count). The molecule has 0 bridgehead atoms. The largest absolute Gasteiger partial charge is 0.490 e. The molecule has 0 saturated heterocycles. The normalized spacial score (nSPS) is 11.8. The highest BCUT2D eigenvalue weighted by Gasteiger charge is 2.15. The Kier molecular flexibility index (Phi) is 7.75. The van der Waals surface area contributed by atoms with Gasteiger partial charge in [-0.05, 0) is 65.2 Å². The van der Waals surface area contributed by atoms with Gasteiger partial charge >= 0.3 is 5.97 Å². The van der Waals surface area contributed by atoms with Gasteiger partial charge in [-0.15, -0.1) is 0 Å². The van der Waals surface area contributed by atoms with Crippen molar-refractivity contribution in [3.8, 4) is 11.5 Å². The van der Waals surface area contributed by atoms with Gasteiger partial charge in [0.05, 0.1) is 11.1 Å². The molecule has 0 heterocycles. The Morgan fingerprint density at radius 1 is 1.27 bits per heavy atom. The van der Waals surface area contributed by atoms with E-state index in [-0.39, 0.29) is 0 Å². The van der Waals surface area contributed by atoms with Crippen LogP contribution in [0.3, 0.4) is 0 Å². The van der Waals surface area contributed by atoms with E-state index >= 15 is 0 Å². The van der Waals surface area contributed by atoms with E-state index in [1.54, 1.807) is 6.92 Å². The van der Waals surface area contributed by atoms with Gasteiger partial charge in [-0.25, -0.2) is 0 Å². The smallest absolute Gasteiger partial charge is 0.320 e. The molecule has 1 unspecified atom stereocenters. The lowest BCUT2D eigenvalue weighted by molar-refractivity contribution is -0.139. The number of nitrogens with one attached hydrogen (secondary N) is 1. The van der Waals surface area contributed by atoms with E-state index in [4.69, 9.17) is 26.2 Å². The molecule has 2 N–H and O–H groups in total. The lowest BCUT2D eigenvalue weighted by atomic mass is 10.2. The predicted octanol–water partition coefficient (Wildman–Crippen LogP) is 4.64. The van der Waals surface area contributed by atoms with Gasteiger partial charge in [-0.2, -0.15) is 0 Å². The summed E-state index contributed by atoms with van der Waals surface area (Å²) in [4.78, 5) is 10.9. The van der Waals surface area contributed by atoms with E-state index in [9.17, 15) is 4.79 Å². The van der Waals surface area contributed by atoms with Gasteiger partial charge in [0.2, 0.25) is 0 Å². The zero-order valence-corrected chi connectivity index (χ0v) is 16.9. The van der Waals surface area contributed by atoms with Gasteiger partial charge in [0, 0.05) is 11.6 Å². The minimum Gasteiger partial charge on any atom is -0.490 e. The molecular formula is C19H21BrClNO4. The highest BCUT2D eigenvalue weighted by Crippen LogP contribution is 2.37. The number of carboxylic acids is 1. The van der Waals surface area contributed by atoms with Crippen LogP contribution in [0, 0.1) is 0 Å². The second-order valence-corrected chi connectivity index (χ2v) is 6.99. The Hall–Kier alpha value is -1.76. The van der Waals surface area contributed by atoms with Gasteiger partial charge in [0.25, 0.3) is 0 Å². The zero-order chi connectivity index (χ0) is 19.1. The molecule has 0 aliphatic carbocycles. The van der Waals surface area contributed by atoms with Gasteiger partial charge in [-0.3, -0.25) is 4.79 Å². The monoisotopic (exact) mass is 441 g/mol. The number of ether oxygens (including phenoxy) is 2. The molecule has 26 heavy (non-hydrogen) atoms. The maximum atomic E-state index is 10.9. The predicted molar refractivity (Wildman–Crippen MR) is 105 cm³/mol. The summed E-state index contributed by atoms with van der Waals surface area (Å²) in [6.45, 7) is 4.74. The van der Waals surface area contributed by atoms with Crippen molar-refractivity contribution >= 4 is 33.5 Å². The zero-order valence-electron chi connectivity index (χ0n) is 14.6. The SMILES string of the molecule is CCOc1cc(CNC(C)C(=O)O)cc(Br)c1OCc1cccc(Cl)c1. The number of hydrogen-bond acceptors (Lipinski definition) is 4. The van der Waals surface area contributed by atoms with Crippen LogP contribution in [-0.2, 0) is 17.9 Å². The van der Waals surface area contributed by atoms with Gasteiger partial charge in [0.1, 0.15) is 12.6 Å². The summed E-state index contributed by atoms with van der Waals surface area (Å²) in [6.07, 6.45) is 0. The Morgan fingerprint density at radius 2 is 2.04 bits per heavy atom. The Balaban J connectivity index is 2.15. The van der Waals surface area contributed by atoms with Crippen molar-refractivity contribution in [2.24, 2.45) is 0 Å². The van der Waals surface area contributed by atoms with Crippen molar-refractivity contribution in [3.05, 3.63) is 57.0 Å². The highest BCUT2D eigenvalue weighted by atomic mass is 79.9. The van der Waals surface area contributed by atoms with E-state index in [0.717, 1.165) is 15.6 Å². The Bertz CT molecular complexity index is 769. The second kappa shape index (κ2) is 9.80. The molecule has 2 aromatic carbocycles. The van der Waals surface area contributed by atoms with E-state index in [1.807, 2.05) is 43.3 Å². The second-order valence-electron chi connectivity index (χ2n) is 5.70. The molecule has 5 nitrogen and oxygen atoms in total. The first-order chi connectivity index (χ1) is 12.4. The number of halogens is 2. The van der Waals surface area contributed by atoms with Crippen LogP contribution in [0.15, 0.2) is 40.9 Å². The molecule has 0 amide bonds. The number of benzene rings is 2. The molecule has 1 atom stereocenters. The molecule has 140 valence electrons. The molecule has 0 aromatic heterocycles. The molecule has 0 fully saturated rings. The third-order valence-electron chi connectivity index (χ3n) is 3.62. The summed E-state index contributed by atoms with van der Waals surface area (Å²) in [6, 6.07) is 10.6. The Morgan fingerprint density at radius 3 is 2.69 bits per heavy atom. The van der Waals surface area contributed by atoms with Crippen molar-refractivity contribution in [1.29, 1.82) is 0 Å². The standard InChI is InChI=1S/C19H21BrClNO4/c1-3-25-17-9-14(10-22-12(2)19(23)24)8-16(20)18(17)26-11-13-5-4-6-15(21)7-13/h4-9,12,22H,3,10-11H2,1-2H3,(H,23,24). The summed E-state index contributed by atoms with van der Waals surface area (Å²) in [5.74, 6) is 0.307. The summed E-state index contributed by atoms with van der Waals surface area (Å²) < 4.78 is 12.4. The van der Waals surface area contributed by atoms with Crippen LogP contribution < -0.4 is 14.8 Å². The number of carbonyl (C=O) groups is 1. The third kappa shape index (κ3) is 5.90. The summed E-state index contributed by atoms with van der Waals surface area (Å²) in [5, 5.41) is 12.6. The van der Waals surface area contributed by atoms with Crippen molar-refractivity contribution in [2.45, 2.75) is 33.0 Å². The maximum absolute atomic E-state index is 10.9. The molecule has 0 aliphatic heterocycles. The minimum absolute atomic E-state index is 0.354. The first kappa shape index (κ1) is 20.6. The molecule has 0 radical (unpaired) electrons. The first-order valence-electron chi connectivity index (χ1n) is 8.19. The van der Waals surface area contributed by atoms with Gasteiger partial charge < -0.3 is 19.9 Å². The van der Waals surface area contributed by atoms with Crippen LogP contribution in [0.5, 0.6) is 11.5 Å². The highest BCUT2D eigenvalue weighted by molar-refractivity contribution is 9.10.